The molecule has 0 aliphatic rings. The van der Waals surface area contributed by atoms with Crippen LogP contribution in [0.5, 0.6) is 0 Å². The van der Waals surface area contributed by atoms with Gasteiger partial charge in [0.15, 0.2) is 0 Å². The van der Waals surface area contributed by atoms with Gasteiger partial charge in [-0.25, -0.2) is 9.56 Å². The van der Waals surface area contributed by atoms with Crippen LogP contribution in [0, 0.1) is 9.56 Å². The van der Waals surface area contributed by atoms with Crippen molar-refractivity contribution in [2.45, 2.75) is 0 Å². The van der Waals surface area contributed by atoms with Crippen molar-refractivity contribution in [2.75, 3.05) is 0 Å². The highest BCUT2D eigenvalue weighted by molar-refractivity contribution is 6.49. The molecule has 4 N–H and O–H groups in total. The third kappa shape index (κ3) is 4.54. The predicted molar refractivity (Wildman–Crippen MR) is 27.7 cm³/mol. The molecule has 2 nitrogen and oxygen atoms in total. The first kappa shape index (κ1) is 6.54. The minimum atomic E-state index is -0.136. The van der Waals surface area contributed by atoms with Crippen LogP contribution in [-0.2, 0) is 0 Å². The van der Waals surface area contributed by atoms with Crippen molar-refractivity contribution in [1.29, 1.82) is 0 Å². The molecule has 4 heteroatoms. The normalized spacial score (nSPS) is 5.00. The summed E-state index contributed by atoms with van der Waals surface area (Å²) in [5, 5.41) is 0. The van der Waals surface area contributed by atoms with Gasteiger partial charge >= 0.3 is 30.9 Å². The molecule has 0 unspecified atom stereocenters. The molecule has 0 aromatic carbocycles. The molecule has 0 amide bonds. The fraction of sp³-hybridized carbons (Fsp3) is 0. The Bertz CT molecular complexity index is 63.4. The van der Waals surface area contributed by atoms with Crippen LogP contribution in [0.25, 0.3) is 0 Å². The molecule has 0 fully saturated rings. The van der Waals surface area contributed by atoms with Gasteiger partial charge in [0.25, 0.3) is 0 Å². The van der Waals surface area contributed by atoms with Gasteiger partial charge in [-0.15, -0.1) is 0 Å². The van der Waals surface area contributed by atoms with E-state index >= 15 is 0 Å². The third-order valence-corrected chi connectivity index (χ3v) is 1.25. The van der Waals surface area contributed by atoms with Gasteiger partial charge in [0, 0.05) is 0 Å². The Morgan fingerprint density at radius 3 is 1.50 bits per heavy atom. The highest BCUT2D eigenvalue weighted by atomic mass is 27.1. The van der Waals surface area contributed by atoms with Crippen LogP contribution in [0.4, 0.5) is 0 Å². The van der Waals surface area contributed by atoms with Crippen molar-refractivity contribution in [1.82, 2.24) is 0 Å². The van der Waals surface area contributed by atoms with E-state index in [4.69, 9.17) is 9.43 Å². The first-order valence-corrected chi connectivity index (χ1v) is 3.98. The van der Waals surface area contributed by atoms with E-state index < -0.39 is 0 Å². The van der Waals surface area contributed by atoms with Crippen molar-refractivity contribution in [2.24, 2.45) is 9.43 Å². The lowest BCUT2D eigenvalue weighted by Crippen LogP contribution is -2.04. The van der Waals surface area contributed by atoms with E-state index in [1.807, 2.05) is 0 Å². The maximum Gasteiger partial charge on any atom is 0.438 e. The summed E-state index contributed by atoms with van der Waals surface area (Å²) >= 11 is -0.273. The van der Waals surface area contributed by atoms with E-state index in [2.05, 4.69) is 9.56 Å². The van der Waals surface area contributed by atoms with Gasteiger partial charge in [-0.3, -0.25) is 0 Å². The molecule has 0 aliphatic carbocycles. The maximum absolute atomic E-state index is 5.08. The zero-order chi connectivity index (χ0) is 4.83. The first-order valence-electron chi connectivity index (χ1n) is 1.49. The third-order valence-electron chi connectivity index (χ3n) is 0.250. The van der Waals surface area contributed by atoms with Gasteiger partial charge in [-0.05, 0) is 0 Å². The van der Waals surface area contributed by atoms with Crippen LogP contribution in [0.15, 0.2) is 0 Å². The molecule has 2 radical (unpaired) electrons. The number of hydrogen-bond acceptors (Lipinski definition) is 2. The van der Waals surface area contributed by atoms with Crippen molar-refractivity contribution in [3.05, 3.63) is 0 Å². The fourth-order valence-electron chi connectivity index (χ4n) is 0.0962. The molecule has 0 atom stereocenters. The van der Waals surface area contributed by atoms with Gasteiger partial charge in [-0.2, -0.15) is 0 Å². The number of hydrogen-bond donors (Lipinski definition) is 2. The lowest BCUT2D eigenvalue weighted by molar-refractivity contribution is 1.94. The van der Waals surface area contributed by atoms with Crippen LogP contribution < -0.4 is 9.43 Å². The second-order valence-electron chi connectivity index (χ2n) is 0.622. The van der Waals surface area contributed by atoms with Crippen LogP contribution >= 0.6 is 0 Å². The summed E-state index contributed by atoms with van der Waals surface area (Å²) < 4.78 is 10.2. The van der Waals surface area contributed by atoms with E-state index in [9.17, 15) is 0 Å². The molecular weight excluding hydrogens is 106 g/mol. The molecule has 0 aliphatic heterocycles. The molecule has 6 heavy (non-hydrogen) atoms. The molecular formula is C2H4Al2N2. The summed E-state index contributed by atoms with van der Waals surface area (Å²) in [7, 11) is 0. The summed E-state index contributed by atoms with van der Waals surface area (Å²) in [6.07, 6.45) is 0. The highest BCUT2D eigenvalue weighted by Gasteiger charge is 1.68. The van der Waals surface area contributed by atoms with Crippen molar-refractivity contribution < 1.29 is 0 Å². The Balaban J connectivity index is 2.90. The number of rotatable bonds is 0. The average molecular weight is 110 g/mol. The Labute approximate surface area is 50.1 Å². The molecule has 0 rings (SSSR count). The second kappa shape index (κ2) is 5.54. The lowest BCUT2D eigenvalue weighted by Gasteiger charge is -1.61. The Hall–Kier alpha value is 0.545. The SMILES string of the molecule is [NH2][Al][C]#[C][Al][NH2]. The monoisotopic (exact) mass is 110 g/mol. The van der Waals surface area contributed by atoms with E-state index in [0.29, 0.717) is 0 Å². The van der Waals surface area contributed by atoms with Crippen LogP contribution in [-0.4, -0.2) is 30.9 Å². The Morgan fingerprint density at radius 1 is 1.00 bits per heavy atom. The molecule has 0 spiro atoms. The lowest BCUT2D eigenvalue weighted by atomic mass is 11.4. The minimum absolute atomic E-state index is 0.136. The van der Waals surface area contributed by atoms with E-state index in [0.717, 1.165) is 0 Å². The van der Waals surface area contributed by atoms with Gasteiger partial charge in [0.1, 0.15) is 0 Å². The molecule has 0 bridgehead atoms. The second-order valence-corrected chi connectivity index (χ2v) is 1.87. The van der Waals surface area contributed by atoms with Crippen molar-refractivity contribution in [3.8, 4) is 9.56 Å². The van der Waals surface area contributed by atoms with Crippen LogP contribution in [0.2, 0.25) is 0 Å². The Morgan fingerprint density at radius 2 is 1.33 bits per heavy atom. The molecule has 0 aromatic rings. The quantitative estimate of drug-likeness (QED) is 0.281. The van der Waals surface area contributed by atoms with Crippen molar-refractivity contribution in [3.63, 3.8) is 0 Å². The van der Waals surface area contributed by atoms with Crippen LogP contribution in [0.3, 0.4) is 0 Å². The molecule has 0 saturated heterocycles. The molecule has 0 saturated carbocycles. The average Bonchev–Trinajstić information content (AvgIpc) is 1.61. The van der Waals surface area contributed by atoms with Gasteiger partial charge in [-0.1, -0.05) is 0 Å². The zero-order valence-electron chi connectivity index (χ0n) is 3.31. The Kier molecular flexibility index (Phi) is 6.05. The maximum atomic E-state index is 5.08. The van der Waals surface area contributed by atoms with Gasteiger partial charge in [0.2, 0.25) is 0 Å². The highest BCUT2D eigenvalue weighted by Crippen LogP contribution is 1.35. The molecule has 0 aromatic heterocycles. The topological polar surface area (TPSA) is 52.0 Å². The largest absolute Gasteiger partial charge is 0.438 e. The smallest absolute Gasteiger partial charge is 0.409 e. The van der Waals surface area contributed by atoms with Gasteiger partial charge < -0.3 is 9.43 Å². The van der Waals surface area contributed by atoms with Crippen molar-refractivity contribution >= 4 is 30.9 Å². The summed E-state index contributed by atoms with van der Waals surface area (Å²) in [5.41, 5.74) is 0. The predicted octanol–water partition coefficient (Wildman–Crippen LogP) is -1.94. The standard InChI is InChI=1S/C2.2Al.2H2N/c1-2;;;;/h;;;2*1H2/q;2*+1;2*-1. The van der Waals surface area contributed by atoms with E-state index in [-0.39, 0.29) is 30.9 Å². The number of nitrogens with two attached hydrogens (primary N) is 2. The molecule has 28 valence electrons. The summed E-state index contributed by atoms with van der Waals surface area (Å²) in [6, 6.07) is 0. The van der Waals surface area contributed by atoms with Gasteiger partial charge in [0.05, 0.1) is 0 Å². The van der Waals surface area contributed by atoms with E-state index in [1.54, 1.807) is 0 Å². The summed E-state index contributed by atoms with van der Waals surface area (Å²) in [5.74, 6) is 0. The first-order chi connectivity index (χ1) is 2.91. The summed E-state index contributed by atoms with van der Waals surface area (Å²) in [4.78, 5) is 5.44. The fourth-order valence-corrected chi connectivity index (χ4v) is 0.866. The summed E-state index contributed by atoms with van der Waals surface area (Å²) in [6.45, 7) is 0. The van der Waals surface area contributed by atoms with Crippen LogP contribution in [0.1, 0.15) is 0 Å². The minimum Gasteiger partial charge on any atom is -0.409 e. The molecule has 0 heterocycles. The van der Waals surface area contributed by atoms with E-state index in [1.165, 1.54) is 0 Å². The zero-order valence-corrected chi connectivity index (χ0v) is 5.62.